The Morgan fingerprint density at radius 3 is 2.09 bits per heavy atom. The smallest absolute Gasteiger partial charge is 0.223 e. The number of hydrogen-bond acceptors (Lipinski definition) is 2. The van der Waals surface area contributed by atoms with Gasteiger partial charge in [-0.1, -0.05) is 48.6 Å². The molecule has 1 fully saturated rings. The molecule has 3 nitrogen and oxygen atoms in total. The molecule has 2 aliphatic carbocycles. The van der Waals surface area contributed by atoms with E-state index in [1.807, 2.05) is 0 Å². The first kappa shape index (κ1) is 23.5. The van der Waals surface area contributed by atoms with Crippen LogP contribution in [0.15, 0.2) is 78.4 Å². The zero-order valence-electron chi connectivity index (χ0n) is 17.6. The molecule has 2 aliphatic rings. The number of alkyl halides is 1. The largest absolute Gasteiger partial charge is 0.345 e. The number of ketones is 1. The molecule has 1 saturated carbocycles. The van der Waals surface area contributed by atoms with Crippen molar-refractivity contribution in [2.45, 2.75) is 44.3 Å². The average molecular weight is 441 g/mol. The molecule has 1 N–H and O–H groups in total. The molecule has 2 aromatic rings. The van der Waals surface area contributed by atoms with Crippen LogP contribution in [0.2, 0.25) is 0 Å². The van der Waals surface area contributed by atoms with Crippen LogP contribution in [0.25, 0.3) is 0 Å². The third kappa shape index (κ3) is 6.94. The van der Waals surface area contributed by atoms with Gasteiger partial charge in [0.1, 0.15) is 23.6 Å². The van der Waals surface area contributed by atoms with E-state index in [1.54, 1.807) is 42.5 Å². The van der Waals surface area contributed by atoms with Crippen LogP contribution in [0.5, 0.6) is 0 Å². The molecular weight excluding hydrogens is 415 g/mol. The van der Waals surface area contributed by atoms with E-state index in [4.69, 9.17) is 0 Å². The van der Waals surface area contributed by atoms with Gasteiger partial charge in [-0.05, 0) is 48.2 Å². The van der Waals surface area contributed by atoms with Crippen molar-refractivity contribution in [3.8, 4) is 0 Å². The van der Waals surface area contributed by atoms with Crippen LogP contribution in [-0.2, 0) is 9.59 Å². The average Bonchev–Trinajstić information content (AvgIpc) is 2.80. The molecule has 0 aromatic heterocycles. The highest BCUT2D eigenvalue weighted by Crippen LogP contribution is 2.29. The lowest BCUT2D eigenvalue weighted by molar-refractivity contribution is -0.128. The van der Waals surface area contributed by atoms with Crippen molar-refractivity contribution in [1.29, 1.82) is 0 Å². The fourth-order valence-electron chi connectivity index (χ4n) is 3.72. The standard InChI is InChI=1S/C20H21F2NO2.C6H5F/c21-16-7-1-13(2-8-16)19(14-3-9-17(22)10-4-14)23-20(25)15-5-11-18(24)12-6-15;7-6-4-2-1-3-5-6/h1-4,7-9,15,17,19H,5-6,10-12H2,(H,23,25);1-5H. The molecule has 2 atom stereocenters. The highest BCUT2D eigenvalue weighted by molar-refractivity contribution is 5.85. The summed E-state index contributed by atoms with van der Waals surface area (Å²) in [6.07, 6.45) is 6.14. The first-order chi connectivity index (χ1) is 15.4. The van der Waals surface area contributed by atoms with Gasteiger partial charge < -0.3 is 5.32 Å². The summed E-state index contributed by atoms with van der Waals surface area (Å²) in [5, 5.41) is 3.01. The van der Waals surface area contributed by atoms with Crippen molar-refractivity contribution in [2.75, 3.05) is 0 Å². The number of benzene rings is 2. The van der Waals surface area contributed by atoms with Gasteiger partial charge in [0.05, 0.1) is 6.04 Å². The quantitative estimate of drug-likeness (QED) is 0.653. The highest BCUT2D eigenvalue weighted by Gasteiger charge is 2.28. The molecule has 0 aliphatic heterocycles. The summed E-state index contributed by atoms with van der Waals surface area (Å²) in [6, 6.07) is 13.4. The number of amides is 1. The number of carbonyl (C=O) groups excluding carboxylic acids is 2. The highest BCUT2D eigenvalue weighted by atomic mass is 19.1. The van der Waals surface area contributed by atoms with Crippen molar-refractivity contribution in [3.63, 3.8) is 0 Å². The number of hydrogen-bond donors (Lipinski definition) is 1. The van der Waals surface area contributed by atoms with Crippen molar-refractivity contribution < 1.29 is 22.8 Å². The zero-order valence-corrected chi connectivity index (χ0v) is 17.6. The summed E-state index contributed by atoms with van der Waals surface area (Å²) < 4.78 is 38.5. The topological polar surface area (TPSA) is 46.2 Å². The second kappa shape index (κ2) is 11.5. The molecule has 4 rings (SSSR count). The van der Waals surface area contributed by atoms with Crippen LogP contribution in [-0.4, -0.2) is 17.9 Å². The number of rotatable bonds is 4. The van der Waals surface area contributed by atoms with Crippen LogP contribution in [0.1, 0.15) is 43.7 Å². The number of nitrogens with one attached hydrogen (secondary N) is 1. The molecule has 168 valence electrons. The molecule has 1 amide bonds. The van der Waals surface area contributed by atoms with E-state index in [-0.39, 0.29) is 35.7 Å². The SMILES string of the molecule is Fc1ccccc1.O=C1CCC(C(=O)NC(C2=CCC(F)C=C2)c2ccc(F)cc2)CC1. The maximum absolute atomic E-state index is 13.4. The van der Waals surface area contributed by atoms with Crippen LogP contribution < -0.4 is 5.32 Å². The minimum atomic E-state index is -1.02. The number of allylic oxidation sites excluding steroid dienone is 2. The lowest BCUT2D eigenvalue weighted by atomic mass is 9.86. The van der Waals surface area contributed by atoms with Gasteiger partial charge in [-0.3, -0.25) is 9.59 Å². The molecule has 0 bridgehead atoms. The van der Waals surface area contributed by atoms with Crippen molar-refractivity contribution >= 4 is 11.7 Å². The normalized spacial score (nSPS) is 19.4. The van der Waals surface area contributed by atoms with Gasteiger partial charge in [0.15, 0.2) is 0 Å². The maximum Gasteiger partial charge on any atom is 0.223 e. The van der Waals surface area contributed by atoms with Gasteiger partial charge in [-0.15, -0.1) is 0 Å². The maximum atomic E-state index is 13.4. The van der Waals surface area contributed by atoms with Gasteiger partial charge in [0.25, 0.3) is 0 Å². The monoisotopic (exact) mass is 441 g/mol. The molecule has 0 radical (unpaired) electrons. The molecule has 6 heteroatoms. The van der Waals surface area contributed by atoms with E-state index >= 15 is 0 Å². The van der Waals surface area contributed by atoms with Crippen molar-refractivity contribution in [2.24, 2.45) is 5.92 Å². The second-order valence-electron chi connectivity index (χ2n) is 7.92. The third-order valence-corrected chi connectivity index (χ3v) is 5.55. The van der Waals surface area contributed by atoms with Crippen LogP contribution in [0, 0.1) is 17.6 Å². The molecule has 2 aromatic carbocycles. The summed E-state index contributed by atoms with van der Waals surface area (Å²) in [5.41, 5.74) is 1.54. The van der Waals surface area contributed by atoms with Crippen molar-refractivity contribution in [1.82, 2.24) is 5.32 Å². The fourth-order valence-corrected chi connectivity index (χ4v) is 3.72. The number of Topliss-reactive ketones (excluding diaryl/α,β-unsaturated/α-hetero) is 1. The fraction of sp³-hybridized carbons (Fsp3) is 0.308. The molecular formula is C26H26F3NO2. The van der Waals surface area contributed by atoms with E-state index in [0.29, 0.717) is 25.7 Å². The van der Waals surface area contributed by atoms with Crippen LogP contribution >= 0.6 is 0 Å². The van der Waals surface area contributed by atoms with Crippen molar-refractivity contribution in [3.05, 3.63) is 95.6 Å². The Labute approximate surface area is 186 Å². The van der Waals surface area contributed by atoms with Gasteiger partial charge in [-0.25, -0.2) is 13.2 Å². The summed E-state index contributed by atoms with van der Waals surface area (Å²) in [6.45, 7) is 0. The van der Waals surface area contributed by atoms with Gasteiger partial charge in [0, 0.05) is 25.2 Å². The Morgan fingerprint density at radius 2 is 1.56 bits per heavy atom. The van der Waals surface area contributed by atoms with E-state index in [0.717, 1.165) is 11.1 Å². The number of halogens is 3. The molecule has 32 heavy (non-hydrogen) atoms. The Hall–Kier alpha value is -3.15. The summed E-state index contributed by atoms with van der Waals surface area (Å²) in [5.74, 6) is -0.633. The lowest BCUT2D eigenvalue weighted by Crippen LogP contribution is -2.36. The Bertz CT molecular complexity index is 960. The first-order valence-electron chi connectivity index (χ1n) is 10.7. The Balaban J connectivity index is 0.000000352. The molecule has 0 spiro atoms. The summed E-state index contributed by atoms with van der Waals surface area (Å²) in [7, 11) is 0. The van der Waals surface area contributed by atoms with E-state index in [9.17, 15) is 22.8 Å². The summed E-state index contributed by atoms with van der Waals surface area (Å²) >= 11 is 0. The van der Waals surface area contributed by atoms with Gasteiger partial charge in [-0.2, -0.15) is 0 Å². The van der Waals surface area contributed by atoms with E-state index in [1.165, 1.54) is 30.3 Å². The first-order valence-corrected chi connectivity index (χ1v) is 10.7. The van der Waals surface area contributed by atoms with E-state index < -0.39 is 12.2 Å². The van der Waals surface area contributed by atoms with Gasteiger partial charge >= 0.3 is 0 Å². The predicted molar refractivity (Wildman–Crippen MR) is 117 cm³/mol. The van der Waals surface area contributed by atoms with E-state index in [2.05, 4.69) is 5.32 Å². The molecule has 2 unspecified atom stereocenters. The third-order valence-electron chi connectivity index (χ3n) is 5.55. The zero-order chi connectivity index (χ0) is 22.9. The second-order valence-corrected chi connectivity index (χ2v) is 7.92. The van der Waals surface area contributed by atoms with Crippen LogP contribution in [0.3, 0.4) is 0 Å². The molecule has 0 saturated heterocycles. The minimum absolute atomic E-state index is 0.113. The summed E-state index contributed by atoms with van der Waals surface area (Å²) in [4.78, 5) is 24.0. The minimum Gasteiger partial charge on any atom is -0.345 e. The van der Waals surface area contributed by atoms with Gasteiger partial charge in [0.2, 0.25) is 5.91 Å². The Morgan fingerprint density at radius 1 is 0.938 bits per heavy atom. The molecule has 0 heterocycles. The number of carbonyl (C=O) groups is 2. The van der Waals surface area contributed by atoms with Crippen LogP contribution in [0.4, 0.5) is 13.2 Å². The lowest BCUT2D eigenvalue weighted by Gasteiger charge is -2.27. The predicted octanol–water partition coefficient (Wildman–Crippen LogP) is 5.79. The Kier molecular flexibility index (Phi) is 8.42.